The fourth-order valence-electron chi connectivity index (χ4n) is 5.32. The van der Waals surface area contributed by atoms with Gasteiger partial charge >= 0.3 is 47.3 Å². The summed E-state index contributed by atoms with van der Waals surface area (Å²) >= 11 is 1.78. The number of phenolic OH excluding ortho intramolecular Hbond substituents is 2. The Balaban J connectivity index is 0.00000481. The molecule has 2 unspecified atom stereocenters. The van der Waals surface area contributed by atoms with Crippen LogP contribution in [0.4, 0.5) is 0 Å². The van der Waals surface area contributed by atoms with Crippen LogP contribution in [0.2, 0.25) is 0 Å². The third-order valence-corrected chi connectivity index (χ3v) is 8.59. The van der Waals surface area contributed by atoms with Crippen molar-refractivity contribution in [3.05, 3.63) is 59.5 Å². The summed E-state index contributed by atoms with van der Waals surface area (Å²) in [7, 11) is 0. The number of phenols is 2. The zero-order chi connectivity index (χ0) is 25.8. The van der Waals surface area contributed by atoms with Crippen molar-refractivity contribution in [2.45, 2.75) is 101 Å². The fraction of sp³-hybridized carbons (Fsp3) is 0.548. The van der Waals surface area contributed by atoms with E-state index in [-0.39, 0.29) is 53.0 Å². The quantitative estimate of drug-likeness (QED) is 0.125. The molecule has 6 heteroatoms. The van der Waals surface area contributed by atoms with Gasteiger partial charge in [-0.3, -0.25) is 4.79 Å². The summed E-state index contributed by atoms with van der Waals surface area (Å²) in [6.45, 7) is 2.18. The molecule has 2 atom stereocenters. The summed E-state index contributed by atoms with van der Waals surface area (Å²) in [5.41, 5.74) is 2.48. The first-order chi connectivity index (χ1) is 17.5. The van der Waals surface area contributed by atoms with Crippen LogP contribution in [-0.4, -0.2) is 27.0 Å². The molecule has 198 valence electrons. The molecular weight excluding hydrogens is 609 g/mol. The first kappa shape index (κ1) is 32.3. The van der Waals surface area contributed by atoms with Crippen molar-refractivity contribution in [2.24, 2.45) is 5.92 Å². The number of thioether (sulfide) groups is 1. The smallest absolute Gasteiger partial charge is 0.510 e. The maximum Gasteiger partial charge on any atom is 3.00 e. The second-order valence-corrected chi connectivity index (χ2v) is 11.2. The van der Waals surface area contributed by atoms with E-state index in [1.807, 2.05) is 18.2 Å². The van der Waals surface area contributed by atoms with Crippen molar-refractivity contribution >= 4 is 17.7 Å². The molecule has 0 aliphatic carbocycles. The van der Waals surface area contributed by atoms with Gasteiger partial charge in [-0.15, -0.1) is 11.8 Å². The summed E-state index contributed by atoms with van der Waals surface area (Å²) in [5.74, 6) is 2.45. The predicted molar refractivity (Wildman–Crippen MR) is 149 cm³/mol. The van der Waals surface area contributed by atoms with Crippen LogP contribution in [0.3, 0.4) is 0 Å². The van der Waals surface area contributed by atoms with E-state index in [1.54, 1.807) is 30.0 Å². The van der Waals surface area contributed by atoms with Crippen LogP contribution in [0, 0.1) is 53.1 Å². The minimum absolute atomic E-state index is 0. The number of carbonyl (C=O) groups is 1. The Kier molecular flexibility index (Phi) is 15.4. The van der Waals surface area contributed by atoms with Gasteiger partial charge in [0.1, 0.15) is 5.75 Å². The number of carboxylic acid groups (broad SMARTS) is 1. The van der Waals surface area contributed by atoms with Crippen molar-refractivity contribution in [1.29, 1.82) is 0 Å². The molecule has 0 fully saturated rings. The maximum atomic E-state index is 11.5. The second-order valence-electron chi connectivity index (χ2n) is 10.2. The Hall–Kier alpha value is -0.906. The third kappa shape index (κ3) is 10.6. The standard InChI is InChI=1S/C31H43O4S.Pr/c1-2-3-4-9-12-24(31(34)35)13-10-7-5-6-8-11-14-27-28-20-19-26(33)21-30(28)36-22-29(27)23-15-17-25(32)18-16-23;/h15-21,24,27,32-33H,2-14,22H2,1H3,(H,34,35);/q-1;+3. The molecule has 3 N–H and O–H groups in total. The van der Waals surface area contributed by atoms with E-state index in [2.05, 4.69) is 13.0 Å². The molecule has 2 aromatic carbocycles. The van der Waals surface area contributed by atoms with Crippen LogP contribution < -0.4 is 0 Å². The molecule has 0 radical (unpaired) electrons. The topological polar surface area (TPSA) is 77.8 Å². The number of hydrogen-bond donors (Lipinski definition) is 3. The molecule has 1 heterocycles. The molecule has 1 aliphatic heterocycles. The van der Waals surface area contributed by atoms with E-state index in [1.165, 1.54) is 54.0 Å². The third-order valence-electron chi connectivity index (χ3n) is 7.47. The summed E-state index contributed by atoms with van der Waals surface area (Å²) < 4.78 is 0. The minimum Gasteiger partial charge on any atom is -0.510 e. The molecule has 4 nitrogen and oxygen atoms in total. The van der Waals surface area contributed by atoms with Crippen LogP contribution in [0.5, 0.6) is 11.5 Å². The molecule has 1 aliphatic rings. The minimum atomic E-state index is -0.619. The number of carboxylic acids is 1. The molecule has 0 saturated heterocycles. The van der Waals surface area contributed by atoms with Gasteiger partial charge in [0.25, 0.3) is 0 Å². The molecule has 0 spiro atoms. The van der Waals surface area contributed by atoms with Gasteiger partial charge in [-0.2, -0.15) is 23.6 Å². The van der Waals surface area contributed by atoms with E-state index < -0.39 is 5.97 Å². The zero-order valence-corrected chi connectivity index (χ0v) is 26.9. The van der Waals surface area contributed by atoms with Gasteiger partial charge in [0.05, 0.1) is 11.7 Å². The van der Waals surface area contributed by atoms with Gasteiger partial charge in [0, 0.05) is 4.90 Å². The van der Waals surface area contributed by atoms with Crippen molar-refractivity contribution in [2.75, 3.05) is 5.75 Å². The van der Waals surface area contributed by atoms with Crippen LogP contribution in [0.25, 0.3) is 0 Å². The van der Waals surface area contributed by atoms with Crippen molar-refractivity contribution in [1.82, 2.24) is 0 Å². The monoisotopic (exact) mass is 652 g/mol. The molecule has 0 saturated carbocycles. The van der Waals surface area contributed by atoms with Gasteiger partial charge in [0.15, 0.2) is 0 Å². The zero-order valence-electron chi connectivity index (χ0n) is 22.3. The van der Waals surface area contributed by atoms with Gasteiger partial charge in [-0.1, -0.05) is 95.8 Å². The summed E-state index contributed by atoms with van der Waals surface area (Å²) in [6.07, 6.45) is 14.1. The largest absolute Gasteiger partial charge is 3.00 e. The molecule has 0 amide bonds. The molecule has 0 bridgehead atoms. The van der Waals surface area contributed by atoms with Gasteiger partial charge in [-0.05, 0) is 42.2 Å². The molecular formula is C31H43O4PrS+2. The molecule has 37 heavy (non-hydrogen) atoms. The summed E-state index contributed by atoms with van der Waals surface area (Å²) in [6, 6.07) is 13.3. The van der Waals surface area contributed by atoms with E-state index >= 15 is 0 Å². The fourth-order valence-corrected chi connectivity index (χ4v) is 6.58. The first-order valence-electron chi connectivity index (χ1n) is 13.8. The Morgan fingerprint density at radius 1 is 0.892 bits per heavy atom. The number of rotatable bonds is 16. The second kappa shape index (κ2) is 17.6. The van der Waals surface area contributed by atoms with Gasteiger partial charge in [-0.25, -0.2) is 0 Å². The summed E-state index contributed by atoms with van der Waals surface area (Å²) in [5, 5.41) is 29.2. The van der Waals surface area contributed by atoms with Crippen LogP contribution in [-0.2, 0) is 4.79 Å². The number of aromatic hydroxyl groups is 2. The molecule has 0 aromatic heterocycles. The molecule has 3 rings (SSSR count). The number of fused-ring (bicyclic) bond motifs is 1. The van der Waals surface area contributed by atoms with E-state index in [9.17, 15) is 20.1 Å². The van der Waals surface area contributed by atoms with Crippen molar-refractivity contribution in [3.8, 4) is 11.5 Å². The normalized spacial score (nSPS) is 15.6. The molecule has 2 aromatic rings. The Bertz CT molecular complexity index is 933. The van der Waals surface area contributed by atoms with Gasteiger partial charge in [0.2, 0.25) is 0 Å². The SMILES string of the molecule is CCCCCCC(CCCCCCCCC1c2ccc(O)cc2SC[C-]1c1ccc(O)cc1)C(=O)O.[Pr+3]. The van der Waals surface area contributed by atoms with E-state index in [0.29, 0.717) is 11.7 Å². The van der Waals surface area contributed by atoms with Crippen LogP contribution in [0.1, 0.15) is 107 Å². The maximum absolute atomic E-state index is 11.5. The van der Waals surface area contributed by atoms with Gasteiger partial charge < -0.3 is 15.3 Å². The summed E-state index contributed by atoms with van der Waals surface area (Å²) in [4.78, 5) is 12.7. The Morgan fingerprint density at radius 2 is 1.49 bits per heavy atom. The Morgan fingerprint density at radius 3 is 2.14 bits per heavy atom. The average molecular weight is 653 g/mol. The van der Waals surface area contributed by atoms with Crippen LogP contribution >= 0.6 is 11.8 Å². The number of benzene rings is 2. The first-order valence-corrected chi connectivity index (χ1v) is 14.8. The van der Waals surface area contributed by atoms with E-state index in [0.717, 1.165) is 57.1 Å². The van der Waals surface area contributed by atoms with Crippen molar-refractivity contribution < 1.29 is 61.4 Å². The van der Waals surface area contributed by atoms with Crippen molar-refractivity contribution in [3.63, 3.8) is 0 Å². The Labute approximate surface area is 261 Å². The van der Waals surface area contributed by atoms with Crippen LogP contribution in [0.15, 0.2) is 47.4 Å². The number of aliphatic carboxylic acids is 1. The average Bonchev–Trinajstić information content (AvgIpc) is 2.87. The predicted octanol–water partition coefficient (Wildman–Crippen LogP) is 8.70. The van der Waals surface area contributed by atoms with E-state index in [4.69, 9.17) is 0 Å². The number of unbranched alkanes of at least 4 members (excludes halogenated alkanes) is 8. The number of hydrogen-bond acceptors (Lipinski definition) is 4.